The average molecular weight is 481 g/mol. The number of carbonyl (C=O) groups excluding carboxylic acids is 3. The van der Waals surface area contributed by atoms with Gasteiger partial charge in [-0.25, -0.2) is 10.0 Å². The summed E-state index contributed by atoms with van der Waals surface area (Å²) in [5.41, 5.74) is 0. The summed E-state index contributed by atoms with van der Waals surface area (Å²) >= 11 is 1.20. The van der Waals surface area contributed by atoms with Crippen molar-refractivity contribution in [3.63, 3.8) is 0 Å². The zero-order valence-corrected chi connectivity index (χ0v) is 19.4. The number of hydroxylamine groups is 2. The topological polar surface area (TPSA) is 112 Å². The van der Waals surface area contributed by atoms with Gasteiger partial charge in [0.05, 0.1) is 12.0 Å². The summed E-state index contributed by atoms with van der Waals surface area (Å²) in [6.45, 7) is 7.13. The van der Waals surface area contributed by atoms with Crippen LogP contribution in [0.25, 0.3) is 0 Å². The van der Waals surface area contributed by atoms with E-state index >= 15 is 0 Å². The number of alkyl halides is 3. The van der Waals surface area contributed by atoms with Crippen molar-refractivity contribution in [1.82, 2.24) is 15.4 Å². The molecular weight excluding hydrogens is 449 g/mol. The Kier molecular flexibility index (Phi) is 11.1. The van der Waals surface area contributed by atoms with Crippen molar-refractivity contribution >= 4 is 34.7 Å². The van der Waals surface area contributed by atoms with E-state index in [2.05, 4.69) is 15.6 Å². The van der Waals surface area contributed by atoms with Crippen LogP contribution in [0.3, 0.4) is 0 Å². The van der Waals surface area contributed by atoms with E-state index in [1.165, 1.54) is 17.5 Å². The summed E-state index contributed by atoms with van der Waals surface area (Å²) in [7, 11) is 0. The highest BCUT2D eigenvalue weighted by Gasteiger charge is 2.38. The normalized spacial score (nSPS) is 15.5. The first-order valence-electron chi connectivity index (χ1n) is 10.4. The molecule has 0 spiro atoms. The minimum atomic E-state index is -4.52. The number of nitrogens with one attached hydrogen (secondary N) is 2. The molecule has 3 amide bonds. The van der Waals surface area contributed by atoms with Crippen LogP contribution in [0.4, 0.5) is 18.3 Å². The maximum atomic E-state index is 13.2. The number of nitrogens with zero attached hydrogens (tertiary/aromatic N) is 2. The van der Waals surface area contributed by atoms with Gasteiger partial charge in [-0.3, -0.25) is 19.6 Å². The molecule has 0 aliphatic carbocycles. The molecule has 0 fully saturated rings. The predicted octanol–water partition coefficient (Wildman–Crippen LogP) is 3.83. The molecule has 4 atom stereocenters. The summed E-state index contributed by atoms with van der Waals surface area (Å²) in [6.07, 6.45) is -4.29. The van der Waals surface area contributed by atoms with Gasteiger partial charge in [-0.15, -0.1) is 11.3 Å². The van der Waals surface area contributed by atoms with E-state index in [0.29, 0.717) is 11.6 Å². The van der Waals surface area contributed by atoms with Crippen molar-refractivity contribution < 1.29 is 32.8 Å². The lowest BCUT2D eigenvalue weighted by Gasteiger charge is -2.33. The molecule has 32 heavy (non-hydrogen) atoms. The second-order valence-electron chi connectivity index (χ2n) is 8.14. The highest BCUT2D eigenvalue weighted by molar-refractivity contribution is 7.13. The van der Waals surface area contributed by atoms with Gasteiger partial charge in [-0.05, 0) is 24.7 Å². The van der Waals surface area contributed by atoms with Crippen LogP contribution in [0.2, 0.25) is 0 Å². The fourth-order valence-corrected chi connectivity index (χ4v) is 3.82. The standard InChI is InChI=1S/C20H31F3N4O4S/c1-5-13(4)16(18(30)26-19-24-8-9-32-19)25-17(29)14(10-12(2)3)15(27(31)11-28)6-7-20(21,22)23/h8-9,11-16,31H,5-7,10H2,1-4H3,(H,25,29)(H,24,26,30)/t13?,14-,15+,16+/m1/s1. The zero-order chi connectivity index (χ0) is 24.5. The van der Waals surface area contributed by atoms with Gasteiger partial charge >= 0.3 is 6.18 Å². The second kappa shape index (κ2) is 12.7. The molecule has 1 aromatic heterocycles. The third-order valence-corrected chi connectivity index (χ3v) is 5.84. The second-order valence-corrected chi connectivity index (χ2v) is 9.04. The van der Waals surface area contributed by atoms with Crippen LogP contribution < -0.4 is 10.6 Å². The third-order valence-electron chi connectivity index (χ3n) is 5.15. The van der Waals surface area contributed by atoms with E-state index in [4.69, 9.17) is 0 Å². The molecule has 0 saturated carbocycles. The maximum Gasteiger partial charge on any atom is 0.389 e. The Morgan fingerprint density at radius 2 is 1.94 bits per heavy atom. The highest BCUT2D eigenvalue weighted by atomic mass is 32.1. The Hall–Kier alpha value is -2.21. The largest absolute Gasteiger partial charge is 0.389 e. The van der Waals surface area contributed by atoms with Gasteiger partial charge in [-0.2, -0.15) is 13.2 Å². The molecule has 0 aliphatic rings. The summed E-state index contributed by atoms with van der Waals surface area (Å²) in [5.74, 6) is -2.76. The molecule has 1 rings (SSSR count). The van der Waals surface area contributed by atoms with Crippen LogP contribution in [0.15, 0.2) is 11.6 Å². The van der Waals surface area contributed by atoms with E-state index in [1.54, 1.807) is 26.2 Å². The quantitative estimate of drug-likeness (QED) is 0.226. The Morgan fingerprint density at radius 1 is 1.28 bits per heavy atom. The molecule has 0 bridgehead atoms. The van der Waals surface area contributed by atoms with Crippen LogP contribution in [-0.2, 0) is 14.4 Å². The molecule has 0 aromatic carbocycles. The van der Waals surface area contributed by atoms with Crippen LogP contribution in [-0.4, -0.2) is 51.7 Å². The number of anilines is 1. The highest BCUT2D eigenvalue weighted by Crippen LogP contribution is 2.29. The lowest BCUT2D eigenvalue weighted by molar-refractivity contribution is -0.178. The van der Waals surface area contributed by atoms with Crippen LogP contribution in [0.1, 0.15) is 53.4 Å². The molecule has 0 aliphatic heterocycles. The van der Waals surface area contributed by atoms with Crippen molar-refractivity contribution in [1.29, 1.82) is 0 Å². The summed E-state index contributed by atoms with van der Waals surface area (Å²) in [5, 5.41) is 17.3. The molecule has 1 aromatic rings. The first-order chi connectivity index (χ1) is 14.9. The smallest absolute Gasteiger partial charge is 0.344 e. The molecule has 1 heterocycles. The molecule has 3 N–H and O–H groups in total. The van der Waals surface area contributed by atoms with Gasteiger partial charge in [-0.1, -0.05) is 34.1 Å². The summed E-state index contributed by atoms with van der Waals surface area (Å²) in [4.78, 5) is 41.1. The maximum absolute atomic E-state index is 13.2. The number of aromatic nitrogens is 1. The number of amides is 3. The SMILES string of the molecule is CCC(C)[C@H](NC(=O)[C@H](CC(C)C)[C@H](CCC(F)(F)F)N(O)C=O)C(=O)Nc1nccs1. The monoisotopic (exact) mass is 480 g/mol. The number of carbonyl (C=O) groups is 3. The van der Waals surface area contributed by atoms with Crippen LogP contribution in [0.5, 0.6) is 0 Å². The van der Waals surface area contributed by atoms with Gasteiger partial charge < -0.3 is 10.6 Å². The van der Waals surface area contributed by atoms with Crippen molar-refractivity contribution in [3.8, 4) is 0 Å². The van der Waals surface area contributed by atoms with Crippen LogP contribution >= 0.6 is 11.3 Å². The number of halogens is 3. The molecule has 1 unspecified atom stereocenters. The first kappa shape index (κ1) is 27.8. The molecule has 182 valence electrons. The van der Waals surface area contributed by atoms with E-state index in [0.717, 1.165) is 0 Å². The minimum absolute atomic E-state index is 0.0109. The first-order valence-corrected chi connectivity index (χ1v) is 11.3. The number of rotatable bonds is 13. The predicted molar refractivity (Wildman–Crippen MR) is 114 cm³/mol. The Morgan fingerprint density at radius 3 is 2.41 bits per heavy atom. The number of thiazole rings is 1. The van der Waals surface area contributed by atoms with Crippen molar-refractivity contribution in [2.75, 3.05) is 5.32 Å². The number of hydrogen-bond acceptors (Lipinski definition) is 6. The Balaban J connectivity index is 3.13. The van der Waals surface area contributed by atoms with Crippen molar-refractivity contribution in [3.05, 3.63) is 11.6 Å². The molecular formula is C20H31F3N4O4S. The van der Waals surface area contributed by atoms with Gasteiger partial charge in [0, 0.05) is 18.0 Å². The van der Waals surface area contributed by atoms with Gasteiger partial charge in [0.25, 0.3) is 0 Å². The lowest BCUT2D eigenvalue weighted by atomic mass is 9.86. The molecule has 12 heteroatoms. The van der Waals surface area contributed by atoms with E-state index in [1.807, 2.05) is 6.92 Å². The van der Waals surface area contributed by atoms with E-state index in [9.17, 15) is 32.8 Å². The van der Waals surface area contributed by atoms with E-state index in [-0.39, 0.29) is 29.7 Å². The minimum Gasteiger partial charge on any atom is -0.344 e. The molecule has 0 saturated heterocycles. The van der Waals surface area contributed by atoms with Crippen molar-refractivity contribution in [2.24, 2.45) is 17.8 Å². The van der Waals surface area contributed by atoms with Gasteiger partial charge in [0.15, 0.2) is 5.13 Å². The summed E-state index contributed by atoms with van der Waals surface area (Å²) in [6, 6.07) is -2.37. The fourth-order valence-electron chi connectivity index (χ4n) is 3.28. The molecule has 8 nitrogen and oxygen atoms in total. The lowest BCUT2D eigenvalue weighted by Crippen LogP contribution is -2.53. The molecule has 0 radical (unpaired) electrons. The Bertz CT molecular complexity index is 731. The van der Waals surface area contributed by atoms with Gasteiger partial charge in [0.2, 0.25) is 18.2 Å². The average Bonchev–Trinajstić information content (AvgIpc) is 3.21. The van der Waals surface area contributed by atoms with Crippen LogP contribution in [0, 0.1) is 17.8 Å². The Labute approximate surface area is 189 Å². The van der Waals surface area contributed by atoms with E-state index < -0.39 is 48.8 Å². The number of hydrogen-bond donors (Lipinski definition) is 3. The van der Waals surface area contributed by atoms with Gasteiger partial charge in [0.1, 0.15) is 6.04 Å². The zero-order valence-electron chi connectivity index (χ0n) is 18.6. The third kappa shape index (κ3) is 9.11. The fraction of sp³-hybridized carbons (Fsp3) is 0.700. The summed E-state index contributed by atoms with van der Waals surface area (Å²) < 4.78 is 38.4. The van der Waals surface area contributed by atoms with Crippen molar-refractivity contribution in [2.45, 2.75) is 71.6 Å².